The van der Waals surface area contributed by atoms with Crippen molar-refractivity contribution in [1.82, 2.24) is 14.8 Å². The minimum atomic E-state index is -0.751. The van der Waals surface area contributed by atoms with Crippen LogP contribution in [-0.2, 0) is 19.8 Å². The average Bonchev–Trinajstić information content (AvgIpc) is 3.49. The number of hydrogen-bond acceptors (Lipinski definition) is 6. The fourth-order valence-electron chi connectivity index (χ4n) is 4.75. The molecule has 1 aromatic heterocycles. The van der Waals surface area contributed by atoms with Crippen molar-refractivity contribution in [3.05, 3.63) is 91.2 Å². The van der Waals surface area contributed by atoms with Crippen LogP contribution in [0, 0.1) is 44.9 Å². The first-order chi connectivity index (χ1) is 16.9. The van der Waals surface area contributed by atoms with Crippen molar-refractivity contribution in [2.45, 2.75) is 13.8 Å². The SMILES string of the molecule is Cc1nnc(C)n1-c1c(F)c(N2[CH-]N(C)c3ccccc32)[c-]c(N2[CH-]N(C)c3ccccc32)c1F.[Os]. The number of nitrogens with zero attached hydrogens (tertiary/aromatic N) is 7. The molecule has 2 aliphatic rings. The van der Waals surface area contributed by atoms with E-state index in [1.54, 1.807) is 37.0 Å². The van der Waals surface area contributed by atoms with E-state index in [1.165, 1.54) is 4.57 Å². The van der Waals surface area contributed by atoms with Gasteiger partial charge in [-0.2, -0.15) is 13.3 Å². The van der Waals surface area contributed by atoms with Crippen molar-refractivity contribution in [2.24, 2.45) is 0 Å². The summed E-state index contributed by atoms with van der Waals surface area (Å²) in [5, 5.41) is 8.07. The summed E-state index contributed by atoms with van der Waals surface area (Å²) >= 11 is 0. The predicted octanol–water partition coefficient (Wildman–Crippen LogP) is 5.37. The molecule has 0 amide bonds. The van der Waals surface area contributed by atoms with Crippen LogP contribution in [-0.4, -0.2) is 28.9 Å². The maximum Gasteiger partial charge on any atom is 0.132 e. The molecule has 0 spiro atoms. The second-order valence-electron chi connectivity index (χ2n) is 8.60. The van der Waals surface area contributed by atoms with E-state index in [0.29, 0.717) is 11.6 Å². The second kappa shape index (κ2) is 8.86. The fraction of sp³-hybridized carbons (Fsp3) is 0.154. The van der Waals surface area contributed by atoms with Gasteiger partial charge < -0.3 is 24.2 Å². The third-order valence-electron chi connectivity index (χ3n) is 6.38. The molecule has 36 heavy (non-hydrogen) atoms. The van der Waals surface area contributed by atoms with Crippen molar-refractivity contribution in [1.29, 1.82) is 0 Å². The van der Waals surface area contributed by atoms with Crippen molar-refractivity contribution < 1.29 is 28.6 Å². The number of aryl methyl sites for hydroxylation is 2. The van der Waals surface area contributed by atoms with Gasteiger partial charge in [0, 0.05) is 48.2 Å². The maximum atomic E-state index is 16.3. The van der Waals surface area contributed by atoms with E-state index in [0.717, 1.165) is 22.7 Å². The Morgan fingerprint density at radius 1 is 0.694 bits per heavy atom. The van der Waals surface area contributed by atoms with Gasteiger partial charge in [0.2, 0.25) is 0 Å². The summed E-state index contributed by atoms with van der Waals surface area (Å²) in [5.74, 6) is -0.734. The molecule has 4 aromatic rings. The molecule has 3 heterocycles. The smallest absolute Gasteiger partial charge is 0.132 e. The number of hydrogen-bond donors (Lipinski definition) is 0. The van der Waals surface area contributed by atoms with Gasteiger partial charge in [-0.15, -0.1) is 16.3 Å². The standard InChI is InChI=1S/C26H22F2N7.Os/c1-16-29-30-17(2)35(16)26-24(27)22(33-14-31(3)18-9-5-7-11-20(18)33)13-23(25(26)28)34-15-32(4)19-10-6-8-12-21(19)34;/h5-12,14-15H,1-4H3;/q-3;. The molecule has 0 N–H and O–H groups in total. The van der Waals surface area contributed by atoms with Crippen molar-refractivity contribution in [2.75, 3.05) is 33.7 Å². The van der Waals surface area contributed by atoms with Gasteiger partial charge in [-0.1, -0.05) is 35.6 Å². The number of anilines is 6. The molecule has 7 nitrogen and oxygen atoms in total. The Balaban J connectivity index is 0.00000267. The van der Waals surface area contributed by atoms with Gasteiger partial charge in [-0.05, 0) is 52.2 Å². The Morgan fingerprint density at radius 2 is 1.08 bits per heavy atom. The molecule has 0 unspecified atom stereocenters. The minimum Gasteiger partial charge on any atom is -0.504 e. The first-order valence-electron chi connectivity index (χ1n) is 11.1. The van der Waals surface area contributed by atoms with Crippen LogP contribution in [0.15, 0.2) is 48.5 Å². The number of para-hydroxylation sites is 4. The molecular weight excluding hydrogens is 639 g/mol. The van der Waals surface area contributed by atoms with E-state index < -0.39 is 11.6 Å². The number of aromatic nitrogens is 3. The number of rotatable bonds is 3. The Hall–Kier alpha value is -3.50. The predicted molar refractivity (Wildman–Crippen MR) is 132 cm³/mol. The first kappa shape index (κ1) is 24.2. The monoisotopic (exact) mass is 662 g/mol. The Bertz CT molecular complexity index is 1370. The molecule has 186 valence electrons. The Kier molecular flexibility index (Phi) is 5.96. The summed E-state index contributed by atoms with van der Waals surface area (Å²) in [7, 11) is 3.77. The van der Waals surface area contributed by atoms with Crippen LogP contribution in [0.3, 0.4) is 0 Å². The molecule has 2 aliphatic heterocycles. The number of halogens is 2. The first-order valence-corrected chi connectivity index (χ1v) is 11.1. The van der Waals surface area contributed by atoms with Gasteiger partial charge in [0.05, 0.1) is 11.6 Å². The van der Waals surface area contributed by atoms with E-state index in [4.69, 9.17) is 0 Å². The largest absolute Gasteiger partial charge is 0.504 e. The van der Waals surface area contributed by atoms with Crippen molar-refractivity contribution in [3.8, 4) is 5.69 Å². The molecular formula is C26H22F2N7Os-3. The van der Waals surface area contributed by atoms with Gasteiger partial charge in [-0.25, -0.2) is 0 Å². The van der Waals surface area contributed by atoms with Crippen LogP contribution in [0.1, 0.15) is 11.6 Å². The minimum absolute atomic E-state index is 0. The van der Waals surface area contributed by atoms with Gasteiger partial charge in [-0.3, -0.25) is 8.78 Å². The van der Waals surface area contributed by atoms with Gasteiger partial charge in [0.15, 0.2) is 0 Å². The van der Waals surface area contributed by atoms with E-state index in [-0.39, 0.29) is 36.9 Å². The van der Waals surface area contributed by atoms with Crippen LogP contribution in [0.2, 0.25) is 0 Å². The third kappa shape index (κ3) is 3.47. The molecule has 3 aromatic carbocycles. The number of fused-ring (bicyclic) bond motifs is 2. The van der Waals surface area contributed by atoms with Crippen LogP contribution < -0.4 is 19.6 Å². The zero-order valence-corrected chi connectivity index (χ0v) is 22.6. The molecule has 0 atom stereocenters. The summed E-state index contributed by atoms with van der Waals surface area (Å²) in [6, 6.07) is 18.4. The van der Waals surface area contributed by atoms with Gasteiger partial charge in [0.1, 0.15) is 11.6 Å². The average molecular weight is 661 g/mol. The number of benzene rings is 3. The molecule has 0 radical (unpaired) electrons. The normalized spacial score (nSPS) is 14.3. The van der Waals surface area contributed by atoms with E-state index in [2.05, 4.69) is 16.3 Å². The quantitative estimate of drug-likeness (QED) is 0.276. The second-order valence-corrected chi connectivity index (χ2v) is 8.60. The summed E-state index contributed by atoms with van der Waals surface area (Å²) < 4.78 is 34.0. The van der Waals surface area contributed by atoms with Crippen LogP contribution in [0.5, 0.6) is 0 Å². The third-order valence-corrected chi connectivity index (χ3v) is 6.38. The Morgan fingerprint density at radius 3 is 1.50 bits per heavy atom. The van der Waals surface area contributed by atoms with Gasteiger partial charge in [0.25, 0.3) is 0 Å². The molecule has 0 saturated heterocycles. The van der Waals surface area contributed by atoms with E-state index >= 15 is 8.78 Å². The summed E-state index contributed by atoms with van der Waals surface area (Å²) in [5.41, 5.74) is 3.31. The summed E-state index contributed by atoms with van der Waals surface area (Å²) in [6.45, 7) is 6.88. The van der Waals surface area contributed by atoms with Crippen LogP contribution in [0.4, 0.5) is 42.9 Å². The Labute approximate surface area is 221 Å². The summed E-state index contributed by atoms with van der Waals surface area (Å²) in [4.78, 5) is 7.17. The molecule has 10 heteroatoms. The van der Waals surface area contributed by atoms with Crippen LogP contribution in [0.25, 0.3) is 5.69 Å². The molecule has 0 fully saturated rings. The van der Waals surface area contributed by atoms with Crippen molar-refractivity contribution >= 4 is 34.1 Å². The fourth-order valence-corrected chi connectivity index (χ4v) is 4.75. The van der Waals surface area contributed by atoms with Crippen LogP contribution >= 0.6 is 0 Å². The topological polar surface area (TPSA) is 43.7 Å². The molecule has 0 saturated carbocycles. The maximum absolute atomic E-state index is 16.3. The van der Waals surface area contributed by atoms with E-state index in [9.17, 15) is 0 Å². The zero-order chi connectivity index (χ0) is 24.4. The van der Waals surface area contributed by atoms with Gasteiger partial charge >= 0.3 is 0 Å². The zero-order valence-electron chi connectivity index (χ0n) is 20.0. The van der Waals surface area contributed by atoms with Crippen molar-refractivity contribution in [3.63, 3.8) is 0 Å². The molecule has 0 aliphatic carbocycles. The van der Waals surface area contributed by atoms with E-state index in [1.807, 2.05) is 72.4 Å². The molecule has 0 bridgehead atoms. The molecule has 6 rings (SSSR count). The summed E-state index contributed by atoms with van der Waals surface area (Å²) in [6.07, 6.45) is 0.